The van der Waals surface area contributed by atoms with E-state index >= 15 is 0 Å². The number of anilines is 2. The Kier molecular flexibility index (Phi) is 19.7. The SMILES string of the molecule is CCCC1C(CCC)C1COC(=O)Nc1ccc(/C(=C/C#N)SCCC(=O)N(C)[C@@H](C)C(=O)O[C@H]2CC(=O)N(C)c3cc(cc(OC)c3Cl)C/C(C)=C/C=C/[C@@H](OC)[C@@]3(O)C[C@H](OC(=O)N3)C(C)[C@@H]3O[C@@]23C)cc1. The van der Waals surface area contributed by atoms with Crippen LogP contribution in [-0.2, 0) is 44.5 Å². The van der Waals surface area contributed by atoms with Crippen molar-refractivity contribution in [2.75, 3.05) is 50.9 Å². The molecule has 2 aromatic rings. The molecule has 1 aliphatic carbocycles. The van der Waals surface area contributed by atoms with Gasteiger partial charge < -0.3 is 43.3 Å². The summed E-state index contributed by atoms with van der Waals surface area (Å²) in [6.45, 7) is 11.7. The molecule has 2 saturated heterocycles. The smallest absolute Gasteiger partial charge is 0.411 e. The van der Waals surface area contributed by atoms with Gasteiger partial charge in [-0.3, -0.25) is 20.2 Å². The summed E-state index contributed by atoms with van der Waals surface area (Å²) >= 11 is 8.13. The quantitative estimate of drug-likeness (QED) is 0.0582. The number of hydrogen-bond acceptors (Lipinski definition) is 14. The normalized spacial score (nSPS) is 29.4. The van der Waals surface area contributed by atoms with Crippen LogP contribution in [0.25, 0.3) is 4.91 Å². The fourth-order valence-electron chi connectivity index (χ4n) is 10.2. The number of carbonyl (C=O) groups excluding carboxylic acids is 5. The molecule has 10 atom stereocenters. The Morgan fingerprint density at radius 3 is 2.45 bits per heavy atom. The summed E-state index contributed by atoms with van der Waals surface area (Å²) in [7, 11) is 5.95. The number of thioether (sulfide) groups is 1. The van der Waals surface area contributed by atoms with E-state index in [-0.39, 0.29) is 35.9 Å². The highest BCUT2D eigenvalue weighted by Gasteiger charge is 2.64. The van der Waals surface area contributed by atoms with Gasteiger partial charge >= 0.3 is 18.2 Å². The first-order valence-corrected chi connectivity index (χ1v) is 26.7. The number of methoxy groups -OCH3 is 2. The average Bonchev–Trinajstić information content (AvgIpc) is 4.26. The van der Waals surface area contributed by atoms with E-state index in [0.717, 1.165) is 36.8 Å². The molecule has 402 valence electrons. The standard InChI is InChI=1S/C55H72ClN5O12S/c1-11-14-38-39(15-12-2)40(38)31-70-52(65)58-37-20-18-36(19-21-37)44(22-24-57)74-25-23-47(62)60(7)34(5)51(64)72-46-29-48(63)61(8)41-27-35(28-42(68-9)49(41)56)26-32(3)16-13-17-45(69-10)55(67)30-43(71-53(66)59-55)33(4)50-54(46,6)73-50/h13,16-22,27-28,33-34,38-40,43,45-46,50,67H,11-12,14-15,23,25-26,29-31H2,1-10H3,(H,58,65)(H,59,66)/b17-13+,32-16+,44-22-/t33?,34-,38?,39?,40?,43-,45+,46-,50-,54-,55-/m0/s1. The van der Waals surface area contributed by atoms with Crippen molar-refractivity contribution in [2.24, 2.45) is 23.7 Å². The zero-order valence-electron chi connectivity index (χ0n) is 44.1. The number of alkyl carbamates (subject to hydrolysis) is 1. The molecule has 74 heavy (non-hydrogen) atoms. The lowest BCUT2D eigenvalue weighted by Crippen LogP contribution is -2.63. The number of halogens is 1. The molecular formula is C55H72ClN5O12S. The van der Waals surface area contributed by atoms with Gasteiger partial charge in [-0.15, -0.1) is 11.8 Å². The second kappa shape index (κ2) is 25.3. The number of nitriles is 1. The van der Waals surface area contributed by atoms with Crippen LogP contribution in [0.5, 0.6) is 5.75 Å². The predicted octanol–water partition coefficient (Wildman–Crippen LogP) is 9.21. The highest BCUT2D eigenvalue weighted by atomic mass is 35.5. The third kappa shape index (κ3) is 13.8. The number of rotatable bonds is 17. The maximum absolute atomic E-state index is 14.4. The summed E-state index contributed by atoms with van der Waals surface area (Å²) in [5.74, 6) is 0.0141. The predicted molar refractivity (Wildman–Crippen MR) is 283 cm³/mol. The van der Waals surface area contributed by atoms with Crippen LogP contribution in [0.4, 0.5) is 21.0 Å². The van der Waals surface area contributed by atoms with Gasteiger partial charge in [0.25, 0.3) is 0 Å². The molecule has 3 aliphatic heterocycles. The molecule has 3 heterocycles. The van der Waals surface area contributed by atoms with Crippen molar-refractivity contribution in [3.8, 4) is 11.8 Å². The van der Waals surface area contributed by atoms with Gasteiger partial charge in [-0.2, -0.15) is 5.26 Å². The molecule has 19 heteroatoms. The molecule has 4 aliphatic rings. The number of esters is 1. The third-order valence-electron chi connectivity index (χ3n) is 14.9. The molecule has 3 N–H and O–H groups in total. The molecule has 3 fully saturated rings. The van der Waals surface area contributed by atoms with E-state index in [0.29, 0.717) is 58.4 Å². The second-order valence-electron chi connectivity index (χ2n) is 20.0. The molecule has 1 saturated carbocycles. The number of benzene rings is 2. The van der Waals surface area contributed by atoms with Gasteiger partial charge in [0.05, 0.1) is 38.0 Å². The monoisotopic (exact) mass is 1060 g/mol. The first-order chi connectivity index (χ1) is 35.2. The summed E-state index contributed by atoms with van der Waals surface area (Å²) in [5.41, 5.74) is 0.131. The Labute approximate surface area is 444 Å². The number of ether oxygens (including phenoxy) is 6. The number of fused-ring (bicyclic) bond motifs is 5. The zero-order valence-corrected chi connectivity index (χ0v) is 45.7. The van der Waals surface area contributed by atoms with Crippen molar-refractivity contribution in [2.45, 2.75) is 135 Å². The van der Waals surface area contributed by atoms with Crippen LogP contribution in [0.2, 0.25) is 5.02 Å². The van der Waals surface area contributed by atoms with Gasteiger partial charge in [-0.05, 0) is 80.3 Å². The van der Waals surface area contributed by atoms with Gasteiger partial charge in [0.1, 0.15) is 40.7 Å². The molecule has 2 aromatic carbocycles. The Morgan fingerprint density at radius 1 is 1.12 bits per heavy atom. The highest BCUT2D eigenvalue weighted by Crippen LogP contribution is 2.52. The maximum atomic E-state index is 14.4. The van der Waals surface area contributed by atoms with Crippen molar-refractivity contribution in [3.63, 3.8) is 0 Å². The first-order valence-electron chi connectivity index (χ1n) is 25.3. The van der Waals surface area contributed by atoms with Gasteiger partial charge in [-0.1, -0.05) is 94.0 Å². The van der Waals surface area contributed by atoms with Crippen molar-refractivity contribution in [3.05, 3.63) is 82.4 Å². The fraction of sp³-hybridized carbons (Fsp3) is 0.564. The molecular weight excluding hydrogens is 990 g/mol. The largest absolute Gasteiger partial charge is 0.495 e. The number of amides is 4. The molecule has 4 amide bonds. The lowest BCUT2D eigenvalue weighted by molar-refractivity contribution is -0.162. The summed E-state index contributed by atoms with van der Waals surface area (Å²) < 4.78 is 35.1. The summed E-state index contributed by atoms with van der Waals surface area (Å²) in [5, 5.41) is 27.0. The van der Waals surface area contributed by atoms with Crippen LogP contribution in [0.1, 0.15) is 97.6 Å². The van der Waals surface area contributed by atoms with E-state index in [2.05, 4.69) is 30.6 Å². The third-order valence-corrected chi connectivity index (χ3v) is 16.3. The van der Waals surface area contributed by atoms with Crippen LogP contribution in [0.3, 0.4) is 0 Å². The first kappa shape index (κ1) is 57.7. The Balaban J connectivity index is 1.13. The van der Waals surface area contributed by atoms with Gasteiger partial charge in [0, 0.05) is 62.4 Å². The number of epoxide rings is 1. The topological polar surface area (TPSA) is 219 Å². The molecule has 0 aromatic heterocycles. The number of aliphatic hydroxyl groups is 1. The van der Waals surface area contributed by atoms with Gasteiger partial charge in [-0.25, -0.2) is 14.4 Å². The minimum absolute atomic E-state index is 0.000977. The van der Waals surface area contributed by atoms with Gasteiger partial charge in [0.2, 0.25) is 11.8 Å². The number of likely N-dealkylation sites (N-methyl/N-ethyl adjacent to an activating group) is 1. The molecule has 4 bridgehead atoms. The van der Waals surface area contributed by atoms with Crippen LogP contribution in [0.15, 0.2) is 66.3 Å². The molecule has 0 spiro atoms. The van der Waals surface area contributed by atoms with E-state index < -0.39 is 71.8 Å². The Hall–Kier alpha value is -5.58. The van der Waals surface area contributed by atoms with Crippen LogP contribution in [0, 0.1) is 35.0 Å². The average molecular weight is 1060 g/mol. The lowest BCUT2D eigenvalue weighted by Gasteiger charge is -2.42. The maximum Gasteiger partial charge on any atom is 0.411 e. The van der Waals surface area contributed by atoms with E-state index in [9.17, 15) is 34.3 Å². The van der Waals surface area contributed by atoms with Crippen molar-refractivity contribution >= 4 is 69.6 Å². The van der Waals surface area contributed by atoms with E-state index in [4.69, 9.17) is 40.0 Å². The van der Waals surface area contributed by atoms with Crippen molar-refractivity contribution < 1.29 is 57.5 Å². The molecule has 3 unspecified atom stereocenters. The molecule has 6 rings (SSSR count). The van der Waals surface area contributed by atoms with Gasteiger partial charge in [0.15, 0.2) is 5.72 Å². The Morgan fingerprint density at radius 2 is 1.81 bits per heavy atom. The number of carbonyl (C=O) groups is 5. The summed E-state index contributed by atoms with van der Waals surface area (Å²) in [6, 6.07) is 11.5. The van der Waals surface area contributed by atoms with Crippen molar-refractivity contribution in [1.29, 1.82) is 5.26 Å². The second-order valence-corrected chi connectivity index (χ2v) is 21.5. The van der Waals surface area contributed by atoms with E-state index in [1.54, 1.807) is 69.4 Å². The van der Waals surface area contributed by atoms with Crippen molar-refractivity contribution in [1.82, 2.24) is 10.2 Å². The van der Waals surface area contributed by atoms with E-state index in [1.807, 2.05) is 13.0 Å². The number of nitrogens with zero attached hydrogens (tertiary/aromatic N) is 3. The Bertz CT molecular complexity index is 2500. The number of allylic oxidation sites excluding steroid dienone is 4. The van der Waals surface area contributed by atoms with Crippen LogP contribution < -0.4 is 20.3 Å². The van der Waals surface area contributed by atoms with Crippen LogP contribution >= 0.6 is 23.4 Å². The lowest BCUT2D eigenvalue weighted by atomic mass is 9.83. The summed E-state index contributed by atoms with van der Waals surface area (Å²) in [4.78, 5) is 71.2. The number of nitrogens with one attached hydrogen (secondary N) is 2. The highest BCUT2D eigenvalue weighted by molar-refractivity contribution is 8.08. The number of hydrogen-bond donors (Lipinski definition) is 3. The van der Waals surface area contributed by atoms with E-state index in [1.165, 1.54) is 55.8 Å². The fourth-order valence-corrected chi connectivity index (χ4v) is 11.5. The van der Waals surface area contributed by atoms with Crippen LogP contribution in [-0.4, -0.2) is 122 Å². The molecule has 0 radical (unpaired) electrons. The summed E-state index contributed by atoms with van der Waals surface area (Å²) in [6.07, 6.45) is 5.91. The zero-order chi connectivity index (χ0) is 54.1. The minimum atomic E-state index is -1.87. The molecule has 17 nitrogen and oxygen atoms in total. The minimum Gasteiger partial charge on any atom is -0.495 e.